The molecule has 2 aromatic heterocycles. The lowest BCUT2D eigenvalue weighted by Crippen LogP contribution is -2.35. The second kappa shape index (κ2) is 11.1. The topological polar surface area (TPSA) is 104 Å². The van der Waals surface area contributed by atoms with Crippen LogP contribution in [0.3, 0.4) is 0 Å². The number of anilines is 1. The fourth-order valence-electron chi connectivity index (χ4n) is 3.67. The molecular weight excluding hydrogens is 440 g/mol. The van der Waals surface area contributed by atoms with E-state index in [4.69, 9.17) is 4.74 Å². The maximum Gasteiger partial charge on any atom is 0.250 e. The summed E-state index contributed by atoms with van der Waals surface area (Å²) in [7, 11) is 1.62. The Hall–Kier alpha value is -4.46. The summed E-state index contributed by atoms with van der Waals surface area (Å²) in [6, 6.07) is 17.5. The fourth-order valence-corrected chi connectivity index (χ4v) is 3.67. The molecule has 0 bridgehead atoms. The second-order valence-corrected chi connectivity index (χ2v) is 8.03. The summed E-state index contributed by atoms with van der Waals surface area (Å²) in [5.41, 5.74) is 4.78. The van der Waals surface area contributed by atoms with Crippen LogP contribution >= 0.6 is 0 Å². The summed E-state index contributed by atoms with van der Waals surface area (Å²) >= 11 is 0. The molecule has 0 saturated heterocycles. The molecule has 0 aliphatic rings. The van der Waals surface area contributed by atoms with E-state index in [2.05, 4.69) is 36.6 Å². The Balaban J connectivity index is 1.48. The summed E-state index contributed by atoms with van der Waals surface area (Å²) in [5, 5.41) is 7.04. The SMILES string of the molecule is COc1ccc(C=CC(=O)NC(=NCCc2c[nH]c3ccccc23)Nc2nc(C)cc(C)n2)cc1. The van der Waals surface area contributed by atoms with Crippen LogP contribution in [-0.4, -0.2) is 40.5 Å². The maximum absolute atomic E-state index is 12.7. The number of rotatable bonds is 7. The number of fused-ring (bicyclic) bond motifs is 1. The molecule has 0 atom stereocenters. The standard InChI is InChI=1S/C27H28N6O2/c1-18-16-19(2)31-27(30-18)33-26(28-15-14-21-17-29-24-7-5-4-6-23(21)24)32-25(34)13-10-20-8-11-22(35-3)12-9-20/h4-13,16-17,29H,14-15H2,1-3H3,(H2,28,30,31,32,33,34). The van der Waals surface area contributed by atoms with Crippen molar-refractivity contribution in [3.8, 4) is 5.75 Å². The summed E-state index contributed by atoms with van der Waals surface area (Å²) in [6.45, 7) is 4.26. The summed E-state index contributed by atoms with van der Waals surface area (Å²) in [6.07, 6.45) is 5.89. The summed E-state index contributed by atoms with van der Waals surface area (Å²) in [4.78, 5) is 29.3. The van der Waals surface area contributed by atoms with Gasteiger partial charge in [0, 0.05) is 41.1 Å². The first-order valence-electron chi connectivity index (χ1n) is 11.3. The van der Waals surface area contributed by atoms with Crippen molar-refractivity contribution in [1.82, 2.24) is 20.3 Å². The average molecular weight is 469 g/mol. The molecule has 0 aliphatic heterocycles. The van der Waals surface area contributed by atoms with E-state index < -0.39 is 0 Å². The third-order valence-electron chi connectivity index (χ3n) is 5.32. The molecule has 0 spiro atoms. The van der Waals surface area contributed by atoms with Crippen LogP contribution in [0.2, 0.25) is 0 Å². The Kier molecular flexibility index (Phi) is 7.52. The largest absolute Gasteiger partial charge is 0.497 e. The Bertz CT molecular complexity index is 1350. The number of nitrogens with zero attached hydrogens (tertiary/aromatic N) is 3. The fraction of sp³-hybridized carbons (Fsp3) is 0.185. The van der Waals surface area contributed by atoms with Crippen molar-refractivity contribution in [2.24, 2.45) is 4.99 Å². The number of aromatic amines is 1. The highest BCUT2D eigenvalue weighted by Gasteiger charge is 2.08. The number of hydrogen-bond acceptors (Lipinski definition) is 5. The number of carbonyl (C=O) groups is 1. The number of carbonyl (C=O) groups excluding carboxylic acids is 1. The lowest BCUT2D eigenvalue weighted by atomic mass is 10.1. The van der Waals surface area contributed by atoms with E-state index in [-0.39, 0.29) is 5.91 Å². The molecule has 4 rings (SSSR count). The number of aromatic nitrogens is 3. The second-order valence-electron chi connectivity index (χ2n) is 8.03. The van der Waals surface area contributed by atoms with Crippen molar-refractivity contribution in [2.75, 3.05) is 19.0 Å². The van der Waals surface area contributed by atoms with Gasteiger partial charge in [0.15, 0.2) is 0 Å². The van der Waals surface area contributed by atoms with E-state index in [0.717, 1.165) is 33.8 Å². The van der Waals surface area contributed by atoms with Crippen LogP contribution in [0.4, 0.5) is 5.95 Å². The molecule has 2 heterocycles. The van der Waals surface area contributed by atoms with Gasteiger partial charge in [0.1, 0.15) is 5.75 Å². The number of aryl methyl sites for hydroxylation is 2. The van der Waals surface area contributed by atoms with Crippen molar-refractivity contribution in [2.45, 2.75) is 20.3 Å². The van der Waals surface area contributed by atoms with E-state index in [1.165, 1.54) is 11.5 Å². The lowest BCUT2D eigenvalue weighted by molar-refractivity contribution is -0.115. The van der Waals surface area contributed by atoms with Gasteiger partial charge in [-0.25, -0.2) is 9.97 Å². The highest BCUT2D eigenvalue weighted by Crippen LogP contribution is 2.18. The van der Waals surface area contributed by atoms with Gasteiger partial charge in [0.2, 0.25) is 11.9 Å². The lowest BCUT2D eigenvalue weighted by Gasteiger charge is -2.10. The number of aliphatic imine (C=N–C) groups is 1. The minimum atomic E-state index is -0.316. The van der Waals surface area contributed by atoms with Crippen LogP contribution in [0.1, 0.15) is 22.5 Å². The van der Waals surface area contributed by atoms with Gasteiger partial charge in [-0.1, -0.05) is 30.3 Å². The summed E-state index contributed by atoms with van der Waals surface area (Å²) < 4.78 is 5.17. The van der Waals surface area contributed by atoms with Gasteiger partial charge in [-0.15, -0.1) is 0 Å². The number of para-hydroxylation sites is 1. The Morgan fingerprint density at radius 3 is 2.57 bits per heavy atom. The molecule has 1 amide bonds. The molecule has 8 heteroatoms. The van der Waals surface area contributed by atoms with Crippen LogP contribution in [0.25, 0.3) is 17.0 Å². The predicted octanol–water partition coefficient (Wildman–Crippen LogP) is 4.42. The van der Waals surface area contributed by atoms with Gasteiger partial charge >= 0.3 is 0 Å². The van der Waals surface area contributed by atoms with Gasteiger partial charge in [0.05, 0.1) is 7.11 Å². The van der Waals surface area contributed by atoms with Crippen LogP contribution < -0.4 is 15.4 Å². The van der Waals surface area contributed by atoms with E-state index >= 15 is 0 Å². The van der Waals surface area contributed by atoms with Crippen LogP contribution in [0.5, 0.6) is 5.75 Å². The normalized spacial score (nSPS) is 11.7. The third-order valence-corrected chi connectivity index (χ3v) is 5.32. The van der Waals surface area contributed by atoms with Gasteiger partial charge in [-0.2, -0.15) is 0 Å². The van der Waals surface area contributed by atoms with Crippen LogP contribution in [0, 0.1) is 13.8 Å². The Morgan fingerprint density at radius 2 is 1.83 bits per heavy atom. The molecule has 0 saturated carbocycles. The third kappa shape index (κ3) is 6.54. The molecule has 4 aromatic rings. The number of H-pyrrole nitrogens is 1. The molecule has 2 aromatic carbocycles. The number of hydrogen-bond donors (Lipinski definition) is 3. The molecule has 3 N–H and O–H groups in total. The van der Waals surface area contributed by atoms with Crippen molar-refractivity contribution in [1.29, 1.82) is 0 Å². The number of guanidine groups is 1. The zero-order valence-corrected chi connectivity index (χ0v) is 20.0. The van der Waals surface area contributed by atoms with Crippen molar-refractivity contribution >= 4 is 34.8 Å². The quantitative estimate of drug-likeness (QED) is 0.212. The van der Waals surface area contributed by atoms with E-state index in [9.17, 15) is 4.79 Å². The van der Waals surface area contributed by atoms with Gasteiger partial charge < -0.3 is 9.72 Å². The number of nitrogens with one attached hydrogen (secondary N) is 3. The Morgan fingerprint density at radius 1 is 1.09 bits per heavy atom. The van der Waals surface area contributed by atoms with Gasteiger partial charge in [-0.05, 0) is 61.7 Å². The van der Waals surface area contributed by atoms with Crippen molar-refractivity contribution < 1.29 is 9.53 Å². The van der Waals surface area contributed by atoms with Gasteiger partial charge in [0.25, 0.3) is 5.91 Å². The van der Waals surface area contributed by atoms with Crippen LogP contribution in [0.15, 0.2) is 71.9 Å². The van der Waals surface area contributed by atoms with Gasteiger partial charge in [-0.3, -0.25) is 20.4 Å². The molecule has 178 valence electrons. The molecule has 35 heavy (non-hydrogen) atoms. The maximum atomic E-state index is 12.7. The summed E-state index contributed by atoms with van der Waals surface area (Å²) in [5.74, 6) is 1.12. The van der Waals surface area contributed by atoms with Crippen molar-refractivity contribution in [3.05, 3.63) is 89.4 Å². The number of ether oxygens (including phenoxy) is 1. The molecule has 0 fully saturated rings. The first kappa shape index (κ1) is 23.7. The van der Waals surface area contributed by atoms with E-state index in [1.807, 2.05) is 68.6 Å². The van der Waals surface area contributed by atoms with E-state index in [1.54, 1.807) is 13.2 Å². The van der Waals surface area contributed by atoms with Crippen LogP contribution in [-0.2, 0) is 11.2 Å². The molecule has 0 aliphatic carbocycles. The predicted molar refractivity (Wildman–Crippen MR) is 140 cm³/mol. The van der Waals surface area contributed by atoms with Crippen molar-refractivity contribution in [3.63, 3.8) is 0 Å². The van der Waals surface area contributed by atoms with E-state index in [0.29, 0.717) is 24.9 Å². The zero-order chi connectivity index (χ0) is 24.6. The molecule has 0 radical (unpaired) electrons. The number of methoxy groups -OCH3 is 1. The molecular formula is C27H28N6O2. The molecule has 0 unspecified atom stereocenters. The number of benzene rings is 2. The minimum Gasteiger partial charge on any atom is -0.497 e. The first-order valence-corrected chi connectivity index (χ1v) is 11.3. The highest BCUT2D eigenvalue weighted by molar-refractivity contribution is 6.08. The first-order chi connectivity index (χ1) is 17.0. The highest BCUT2D eigenvalue weighted by atomic mass is 16.5. The smallest absolute Gasteiger partial charge is 0.250 e. The zero-order valence-electron chi connectivity index (χ0n) is 20.0. The Labute approximate surface area is 204 Å². The molecule has 8 nitrogen and oxygen atoms in total. The monoisotopic (exact) mass is 468 g/mol. The number of amides is 1. The average Bonchev–Trinajstić information content (AvgIpc) is 3.25. The minimum absolute atomic E-state index is 0.291.